The third-order valence-electron chi connectivity index (χ3n) is 3.80. The number of nitrogens with one attached hydrogen (secondary N) is 1. The van der Waals surface area contributed by atoms with Crippen molar-refractivity contribution >= 4 is 43.2 Å². The summed E-state index contributed by atoms with van der Waals surface area (Å²) in [6.45, 7) is 3.60. The minimum absolute atomic E-state index is 0.396. The van der Waals surface area contributed by atoms with Crippen molar-refractivity contribution in [1.29, 1.82) is 0 Å². The predicted octanol–water partition coefficient (Wildman–Crippen LogP) is 3.80. The van der Waals surface area contributed by atoms with Gasteiger partial charge in [-0.1, -0.05) is 35.0 Å². The maximum absolute atomic E-state index is 12.6. The first kappa shape index (κ1) is 19.5. The molecular formula is C18H21BrN2O3S. The molecule has 1 unspecified atom stereocenters. The number of halogens is 1. The molecule has 2 rings (SSSR count). The Hall–Kier alpha value is -1.86. The van der Waals surface area contributed by atoms with Crippen molar-refractivity contribution in [2.45, 2.75) is 26.3 Å². The Morgan fingerprint density at radius 2 is 1.68 bits per heavy atom. The molecular weight excluding hydrogens is 404 g/mol. The summed E-state index contributed by atoms with van der Waals surface area (Å²) < 4.78 is 26.6. The Morgan fingerprint density at radius 3 is 2.16 bits per heavy atom. The number of hydrogen-bond donors (Lipinski definition) is 1. The standard InChI is InChI=1S/C18H21BrN2O3S/c1-4-14-5-11-17(12-6-14)21(25(3,23)24)13(2)18(22)20-16-9-7-15(19)8-10-16/h5-13H,4H2,1-3H3,(H,20,22). The molecule has 25 heavy (non-hydrogen) atoms. The van der Waals surface area contributed by atoms with Crippen molar-refractivity contribution in [3.63, 3.8) is 0 Å². The van der Waals surface area contributed by atoms with Crippen LogP contribution in [0.25, 0.3) is 0 Å². The summed E-state index contributed by atoms with van der Waals surface area (Å²) in [5, 5.41) is 2.75. The summed E-state index contributed by atoms with van der Waals surface area (Å²) in [5.41, 5.74) is 2.18. The molecule has 0 spiro atoms. The normalized spacial score (nSPS) is 12.5. The van der Waals surface area contributed by atoms with E-state index in [1.54, 1.807) is 43.3 Å². The summed E-state index contributed by atoms with van der Waals surface area (Å²) in [4.78, 5) is 12.6. The van der Waals surface area contributed by atoms with Crippen LogP contribution in [0.15, 0.2) is 53.0 Å². The van der Waals surface area contributed by atoms with Crippen molar-refractivity contribution in [3.05, 3.63) is 58.6 Å². The molecule has 1 N–H and O–H groups in total. The summed E-state index contributed by atoms with van der Waals surface area (Å²) >= 11 is 3.33. The smallest absolute Gasteiger partial charge is 0.247 e. The summed E-state index contributed by atoms with van der Waals surface area (Å²) in [7, 11) is -3.62. The van der Waals surface area contributed by atoms with Gasteiger partial charge in [-0.2, -0.15) is 0 Å². The van der Waals surface area contributed by atoms with Crippen LogP contribution in [0.3, 0.4) is 0 Å². The molecule has 0 aliphatic carbocycles. The number of hydrogen-bond acceptors (Lipinski definition) is 3. The lowest BCUT2D eigenvalue weighted by atomic mass is 10.1. The fourth-order valence-electron chi connectivity index (χ4n) is 2.47. The predicted molar refractivity (Wildman–Crippen MR) is 105 cm³/mol. The van der Waals surface area contributed by atoms with Gasteiger partial charge in [-0.15, -0.1) is 0 Å². The molecule has 0 bridgehead atoms. The number of aryl methyl sites for hydroxylation is 1. The van der Waals surface area contributed by atoms with Gasteiger partial charge in [0.1, 0.15) is 6.04 Å². The van der Waals surface area contributed by atoms with E-state index in [0.717, 1.165) is 27.0 Å². The Morgan fingerprint density at radius 1 is 1.12 bits per heavy atom. The van der Waals surface area contributed by atoms with E-state index in [0.29, 0.717) is 11.4 Å². The number of sulfonamides is 1. The zero-order chi connectivity index (χ0) is 18.6. The van der Waals surface area contributed by atoms with E-state index in [1.807, 2.05) is 19.1 Å². The molecule has 0 aliphatic heterocycles. The number of amides is 1. The van der Waals surface area contributed by atoms with Crippen LogP contribution in [0.1, 0.15) is 19.4 Å². The van der Waals surface area contributed by atoms with Gasteiger partial charge in [0.15, 0.2) is 0 Å². The molecule has 0 saturated heterocycles. The van der Waals surface area contributed by atoms with Crippen molar-refractivity contribution in [1.82, 2.24) is 0 Å². The van der Waals surface area contributed by atoms with Crippen LogP contribution in [0.4, 0.5) is 11.4 Å². The maximum atomic E-state index is 12.6. The first-order valence-corrected chi connectivity index (χ1v) is 10.5. The van der Waals surface area contributed by atoms with Crippen LogP contribution >= 0.6 is 15.9 Å². The van der Waals surface area contributed by atoms with Crippen LogP contribution in [0.5, 0.6) is 0 Å². The van der Waals surface area contributed by atoms with Gasteiger partial charge in [-0.3, -0.25) is 9.10 Å². The lowest BCUT2D eigenvalue weighted by Gasteiger charge is -2.28. The van der Waals surface area contributed by atoms with E-state index in [2.05, 4.69) is 21.2 Å². The second-order valence-corrected chi connectivity index (χ2v) is 8.53. The van der Waals surface area contributed by atoms with Crippen LogP contribution < -0.4 is 9.62 Å². The van der Waals surface area contributed by atoms with Crippen LogP contribution in [-0.4, -0.2) is 26.6 Å². The fourth-order valence-corrected chi connectivity index (χ4v) is 3.91. The van der Waals surface area contributed by atoms with E-state index >= 15 is 0 Å². The topological polar surface area (TPSA) is 66.5 Å². The van der Waals surface area contributed by atoms with Crippen molar-refractivity contribution in [2.75, 3.05) is 15.9 Å². The van der Waals surface area contributed by atoms with E-state index in [4.69, 9.17) is 0 Å². The van der Waals surface area contributed by atoms with Gasteiger partial charge >= 0.3 is 0 Å². The number of anilines is 2. The summed E-state index contributed by atoms with van der Waals surface area (Å²) in [6.07, 6.45) is 1.96. The van der Waals surface area contributed by atoms with Gasteiger partial charge in [-0.25, -0.2) is 8.42 Å². The maximum Gasteiger partial charge on any atom is 0.247 e. The lowest BCUT2D eigenvalue weighted by Crippen LogP contribution is -2.45. The Balaban J connectivity index is 2.27. The van der Waals surface area contributed by atoms with Crippen molar-refractivity contribution in [3.8, 4) is 0 Å². The Kier molecular flexibility index (Phi) is 6.24. The molecule has 0 aliphatic rings. The van der Waals surface area contributed by atoms with Gasteiger partial charge in [-0.05, 0) is 55.3 Å². The van der Waals surface area contributed by atoms with Gasteiger partial charge in [0.05, 0.1) is 11.9 Å². The third-order valence-corrected chi connectivity index (χ3v) is 5.57. The highest BCUT2D eigenvalue weighted by Crippen LogP contribution is 2.23. The lowest BCUT2D eigenvalue weighted by molar-refractivity contribution is -0.116. The number of carbonyl (C=O) groups is 1. The minimum atomic E-state index is -3.62. The molecule has 0 saturated carbocycles. The zero-order valence-corrected chi connectivity index (χ0v) is 16.8. The first-order valence-electron chi connectivity index (χ1n) is 7.87. The molecule has 1 atom stereocenters. The summed E-state index contributed by atoms with van der Waals surface area (Å²) in [6, 6.07) is 13.4. The second-order valence-electron chi connectivity index (χ2n) is 5.75. The number of nitrogens with zero attached hydrogens (tertiary/aromatic N) is 1. The molecule has 0 radical (unpaired) electrons. The average molecular weight is 425 g/mol. The molecule has 2 aromatic carbocycles. The second kappa shape index (κ2) is 8.01. The van der Waals surface area contributed by atoms with E-state index in [-0.39, 0.29) is 0 Å². The molecule has 0 aromatic heterocycles. The van der Waals surface area contributed by atoms with Gasteiger partial charge in [0, 0.05) is 10.2 Å². The number of carbonyl (C=O) groups excluding carboxylic acids is 1. The van der Waals surface area contributed by atoms with Crippen molar-refractivity contribution in [2.24, 2.45) is 0 Å². The van der Waals surface area contributed by atoms with Crippen LogP contribution in [0.2, 0.25) is 0 Å². The number of benzene rings is 2. The quantitative estimate of drug-likeness (QED) is 0.766. The third kappa shape index (κ3) is 5.06. The van der Waals surface area contributed by atoms with Crippen LogP contribution in [0, 0.1) is 0 Å². The van der Waals surface area contributed by atoms with Gasteiger partial charge < -0.3 is 5.32 Å². The molecule has 1 amide bonds. The SMILES string of the molecule is CCc1ccc(N(C(C)C(=O)Nc2ccc(Br)cc2)S(C)(=O)=O)cc1. The highest BCUT2D eigenvalue weighted by atomic mass is 79.9. The molecule has 2 aromatic rings. The largest absolute Gasteiger partial charge is 0.324 e. The number of rotatable bonds is 6. The average Bonchev–Trinajstić information content (AvgIpc) is 2.56. The van der Waals surface area contributed by atoms with Gasteiger partial charge in [0.25, 0.3) is 0 Å². The van der Waals surface area contributed by atoms with Gasteiger partial charge in [0.2, 0.25) is 15.9 Å². The van der Waals surface area contributed by atoms with Crippen molar-refractivity contribution < 1.29 is 13.2 Å². The summed E-state index contributed by atoms with van der Waals surface area (Å²) in [5.74, 6) is -0.396. The minimum Gasteiger partial charge on any atom is -0.324 e. The Labute approximate surface area is 157 Å². The highest BCUT2D eigenvalue weighted by Gasteiger charge is 2.29. The highest BCUT2D eigenvalue weighted by molar-refractivity contribution is 9.10. The zero-order valence-electron chi connectivity index (χ0n) is 14.4. The van der Waals surface area contributed by atoms with E-state index in [9.17, 15) is 13.2 Å². The first-order chi connectivity index (χ1) is 11.7. The molecule has 0 fully saturated rings. The van der Waals surface area contributed by atoms with E-state index < -0.39 is 22.0 Å². The Bertz CT molecular complexity index is 834. The molecule has 7 heteroatoms. The fraction of sp³-hybridized carbons (Fsp3) is 0.278. The van der Waals surface area contributed by atoms with E-state index in [1.165, 1.54) is 0 Å². The molecule has 5 nitrogen and oxygen atoms in total. The monoisotopic (exact) mass is 424 g/mol. The molecule has 134 valence electrons. The molecule has 0 heterocycles. The van der Waals surface area contributed by atoms with Crippen LogP contribution in [-0.2, 0) is 21.2 Å².